The second kappa shape index (κ2) is 8.97. The van der Waals surface area contributed by atoms with E-state index in [4.69, 9.17) is 9.26 Å². The van der Waals surface area contributed by atoms with E-state index in [1.165, 1.54) is 17.1 Å². The molecule has 0 aliphatic carbocycles. The van der Waals surface area contributed by atoms with Crippen LogP contribution < -0.4 is 10.1 Å². The lowest BCUT2D eigenvalue weighted by atomic mass is 10.1. The van der Waals surface area contributed by atoms with Gasteiger partial charge < -0.3 is 14.6 Å². The summed E-state index contributed by atoms with van der Waals surface area (Å²) in [6, 6.07) is 15.3. The van der Waals surface area contributed by atoms with Crippen molar-refractivity contribution in [1.82, 2.24) is 5.16 Å². The Balaban J connectivity index is 1.43. The monoisotopic (exact) mass is 426 g/mol. The first-order chi connectivity index (χ1) is 14.1. The molecule has 5 nitrogen and oxygen atoms in total. The molecule has 0 bridgehead atoms. The van der Waals surface area contributed by atoms with Crippen LogP contribution in [-0.2, 0) is 6.61 Å². The number of amides is 1. The Kier molecular flexibility index (Phi) is 6.16. The fraction of sp³-hybridized carbons (Fsp3) is 0.273. The number of hydrogen-bond acceptors (Lipinski definition) is 6. The lowest BCUT2D eigenvalue weighted by molar-refractivity contribution is 0.102. The number of aromatic nitrogens is 1. The zero-order chi connectivity index (χ0) is 20.2. The van der Waals surface area contributed by atoms with Crippen LogP contribution >= 0.6 is 23.5 Å². The number of thioether (sulfide) groups is 2. The van der Waals surface area contributed by atoms with Crippen molar-refractivity contribution in [1.29, 1.82) is 0 Å². The predicted molar refractivity (Wildman–Crippen MR) is 119 cm³/mol. The van der Waals surface area contributed by atoms with Gasteiger partial charge in [-0.25, -0.2) is 0 Å². The summed E-state index contributed by atoms with van der Waals surface area (Å²) in [5, 5.41) is 6.93. The van der Waals surface area contributed by atoms with Gasteiger partial charge in [-0.1, -0.05) is 23.4 Å². The van der Waals surface area contributed by atoms with E-state index in [0.717, 1.165) is 22.7 Å². The topological polar surface area (TPSA) is 64.4 Å². The zero-order valence-electron chi connectivity index (χ0n) is 16.3. The Morgan fingerprint density at radius 2 is 1.97 bits per heavy atom. The number of carbonyl (C=O) groups is 1. The minimum Gasteiger partial charge on any atom is -0.489 e. The Morgan fingerprint density at radius 3 is 2.72 bits per heavy atom. The molecular weight excluding hydrogens is 404 g/mol. The van der Waals surface area contributed by atoms with Gasteiger partial charge in [0, 0.05) is 22.8 Å². The Morgan fingerprint density at radius 1 is 1.17 bits per heavy atom. The van der Waals surface area contributed by atoms with Crippen LogP contribution in [0.15, 0.2) is 53.1 Å². The van der Waals surface area contributed by atoms with Gasteiger partial charge >= 0.3 is 0 Å². The third-order valence-electron chi connectivity index (χ3n) is 4.70. The van der Waals surface area contributed by atoms with Gasteiger partial charge in [0.25, 0.3) is 5.91 Å². The Bertz CT molecular complexity index is 993. The van der Waals surface area contributed by atoms with Gasteiger partial charge in [-0.05, 0) is 49.7 Å². The van der Waals surface area contributed by atoms with E-state index in [9.17, 15) is 4.79 Å². The van der Waals surface area contributed by atoms with Crippen molar-refractivity contribution in [2.45, 2.75) is 25.0 Å². The number of carbonyl (C=O) groups excluding carboxylic acids is 1. The summed E-state index contributed by atoms with van der Waals surface area (Å²) in [7, 11) is 0. The SMILES string of the molecule is Cc1noc(C)c1COc1cccc(C(=O)Nc2cccc(C3SCCS3)c2)c1. The first-order valence-corrected chi connectivity index (χ1v) is 11.5. The fourth-order valence-electron chi connectivity index (χ4n) is 3.11. The van der Waals surface area contributed by atoms with Gasteiger partial charge in [0.1, 0.15) is 18.1 Å². The van der Waals surface area contributed by atoms with Crippen LogP contribution in [0.1, 0.15) is 37.5 Å². The second-order valence-electron chi connectivity index (χ2n) is 6.77. The highest BCUT2D eigenvalue weighted by molar-refractivity contribution is 8.19. The molecule has 0 saturated carbocycles. The van der Waals surface area contributed by atoms with Gasteiger partial charge in [-0.3, -0.25) is 4.79 Å². The maximum Gasteiger partial charge on any atom is 0.255 e. The first kappa shape index (κ1) is 19.9. The van der Waals surface area contributed by atoms with Gasteiger partial charge in [-0.15, -0.1) is 23.5 Å². The number of nitrogens with zero attached hydrogens (tertiary/aromatic N) is 1. The first-order valence-electron chi connectivity index (χ1n) is 9.39. The van der Waals surface area contributed by atoms with Crippen LogP contribution in [0.4, 0.5) is 5.69 Å². The molecule has 1 fully saturated rings. The smallest absolute Gasteiger partial charge is 0.255 e. The van der Waals surface area contributed by atoms with Crippen LogP contribution in [0, 0.1) is 13.8 Å². The molecule has 7 heteroatoms. The summed E-state index contributed by atoms with van der Waals surface area (Å²) in [6.45, 7) is 4.10. The second-order valence-corrected chi connectivity index (χ2v) is 9.50. The van der Waals surface area contributed by atoms with E-state index in [2.05, 4.69) is 22.6 Å². The van der Waals surface area contributed by atoms with Crippen molar-refractivity contribution in [3.8, 4) is 5.75 Å². The standard InChI is InChI=1S/C22H22N2O3S2/c1-14-20(15(2)27-24-14)13-26-19-8-4-5-16(12-19)21(25)23-18-7-3-6-17(11-18)22-28-9-10-29-22/h3-8,11-12,22H,9-10,13H2,1-2H3,(H,23,25). The van der Waals surface area contributed by atoms with Crippen LogP contribution in [0.25, 0.3) is 0 Å². The lowest BCUT2D eigenvalue weighted by Gasteiger charge is -2.12. The van der Waals surface area contributed by atoms with Crippen LogP contribution in [0.2, 0.25) is 0 Å². The minimum absolute atomic E-state index is 0.156. The number of anilines is 1. The van der Waals surface area contributed by atoms with Crippen LogP contribution in [-0.4, -0.2) is 22.6 Å². The quantitative estimate of drug-likeness (QED) is 0.553. The third-order valence-corrected chi connectivity index (χ3v) is 7.80. The molecule has 29 heavy (non-hydrogen) atoms. The Labute approximate surface area is 178 Å². The molecule has 0 unspecified atom stereocenters. The molecular formula is C22H22N2O3S2. The average Bonchev–Trinajstić information content (AvgIpc) is 3.38. The molecule has 0 atom stereocenters. The number of rotatable bonds is 6. The number of aryl methyl sites for hydroxylation is 2. The highest BCUT2D eigenvalue weighted by Crippen LogP contribution is 2.45. The minimum atomic E-state index is -0.156. The zero-order valence-corrected chi connectivity index (χ0v) is 17.9. The molecule has 150 valence electrons. The highest BCUT2D eigenvalue weighted by Gasteiger charge is 2.18. The number of ether oxygens (including phenoxy) is 1. The Hall–Kier alpha value is -2.38. The van der Waals surface area contributed by atoms with E-state index in [1.54, 1.807) is 12.1 Å². The van der Waals surface area contributed by atoms with E-state index in [1.807, 2.05) is 61.6 Å². The molecule has 1 amide bonds. The third kappa shape index (κ3) is 4.79. The molecule has 1 aliphatic heterocycles. The fourth-order valence-corrected chi connectivity index (χ4v) is 5.95. The van der Waals surface area contributed by atoms with Gasteiger partial charge in [0.05, 0.1) is 15.8 Å². The molecule has 2 heterocycles. The summed E-state index contributed by atoms with van der Waals surface area (Å²) in [5.41, 5.74) is 4.35. The lowest BCUT2D eigenvalue weighted by Crippen LogP contribution is -2.12. The van der Waals surface area contributed by atoms with Crippen LogP contribution in [0.3, 0.4) is 0 Å². The molecule has 1 saturated heterocycles. The van der Waals surface area contributed by atoms with Gasteiger partial charge in [0.15, 0.2) is 0 Å². The van der Waals surface area contributed by atoms with E-state index >= 15 is 0 Å². The van der Waals surface area contributed by atoms with Gasteiger partial charge in [0.2, 0.25) is 0 Å². The molecule has 4 rings (SSSR count). The predicted octanol–water partition coefficient (Wildman–Crippen LogP) is 5.60. The van der Waals surface area contributed by atoms with Crippen molar-refractivity contribution in [2.75, 3.05) is 16.8 Å². The number of benzene rings is 2. The summed E-state index contributed by atoms with van der Waals surface area (Å²) >= 11 is 3.90. The maximum atomic E-state index is 12.7. The number of nitrogens with one attached hydrogen (secondary N) is 1. The number of hydrogen-bond donors (Lipinski definition) is 1. The largest absolute Gasteiger partial charge is 0.489 e. The van der Waals surface area contributed by atoms with E-state index in [0.29, 0.717) is 22.5 Å². The molecule has 1 aromatic heterocycles. The molecule has 0 radical (unpaired) electrons. The van der Waals surface area contributed by atoms with Gasteiger partial charge in [-0.2, -0.15) is 0 Å². The summed E-state index contributed by atoms with van der Waals surface area (Å²) in [5.74, 6) is 3.57. The van der Waals surface area contributed by atoms with Crippen molar-refractivity contribution < 1.29 is 14.1 Å². The van der Waals surface area contributed by atoms with Crippen molar-refractivity contribution in [3.05, 3.63) is 76.7 Å². The maximum absolute atomic E-state index is 12.7. The molecule has 3 aromatic rings. The molecule has 1 aliphatic rings. The summed E-state index contributed by atoms with van der Waals surface area (Å²) < 4.78 is 11.5. The summed E-state index contributed by atoms with van der Waals surface area (Å²) in [6.07, 6.45) is 0. The normalized spacial score (nSPS) is 14.1. The molecule has 0 spiro atoms. The molecule has 1 N–H and O–H groups in total. The van der Waals surface area contributed by atoms with Crippen LogP contribution in [0.5, 0.6) is 5.75 Å². The average molecular weight is 427 g/mol. The van der Waals surface area contributed by atoms with Crippen molar-refractivity contribution >= 4 is 35.1 Å². The van der Waals surface area contributed by atoms with E-state index < -0.39 is 0 Å². The highest BCUT2D eigenvalue weighted by atomic mass is 32.2. The van der Waals surface area contributed by atoms with E-state index in [-0.39, 0.29) is 5.91 Å². The summed E-state index contributed by atoms with van der Waals surface area (Å²) in [4.78, 5) is 12.7. The van der Waals surface area contributed by atoms with Crippen molar-refractivity contribution in [3.63, 3.8) is 0 Å². The van der Waals surface area contributed by atoms with Crippen molar-refractivity contribution in [2.24, 2.45) is 0 Å². The molecule has 2 aromatic carbocycles.